The van der Waals surface area contributed by atoms with Gasteiger partial charge in [0.25, 0.3) is 0 Å². The molecular formula is C13H18F2IN3O. The summed E-state index contributed by atoms with van der Waals surface area (Å²) in [6, 6.07) is 7.13. The van der Waals surface area contributed by atoms with Gasteiger partial charge in [0.15, 0.2) is 5.96 Å². The zero-order valence-corrected chi connectivity index (χ0v) is 13.4. The summed E-state index contributed by atoms with van der Waals surface area (Å²) < 4.78 is 29.8. The Kier molecular flexibility index (Phi) is 6.60. The van der Waals surface area contributed by atoms with Gasteiger partial charge >= 0.3 is 0 Å². The van der Waals surface area contributed by atoms with Crippen LogP contribution in [0.3, 0.4) is 0 Å². The predicted molar refractivity (Wildman–Crippen MR) is 85.7 cm³/mol. The van der Waals surface area contributed by atoms with Crippen molar-refractivity contribution in [3.05, 3.63) is 29.8 Å². The minimum atomic E-state index is -2.32. The fraction of sp³-hybridized carbons (Fsp3) is 0.462. The standard InChI is InChI=1S/C13H17F2N3O.HI/c1-19-7-8-4-2-3-5-10(8)17-13(16)18-11-6-9(11)12(14)15;/h2-5,9,11-12H,6-7H2,1H3,(H3,16,17,18);1H/t9-,11-;/m0./s1. The highest BCUT2D eigenvalue weighted by atomic mass is 127. The Bertz CT molecular complexity index is 471. The molecule has 1 aromatic carbocycles. The Labute approximate surface area is 133 Å². The van der Waals surface area contributed by atoms with E-state index in [1.165, 1.54) is 0 Å². The lowest BCUT2D eigenvalue weighted by Gasteiger charge is -2.10. The van der Waals surface area contributed by atoms with Gasteiger partial charge in [-0.05, 0) is 12.5 Å². The quantitative estimate of drug-likeness (QED) is 0.457. The Balaban J connectivity index is 0.00000200. The van der Waals surface area contributed by atoms with Gasteiger partial charge in [-0.2, -0.15) is 0 Å². The van der Waals surface area contributed by atoms with Crippen molar-refractivity contribution in [3.63, 3.8) is 0 Å². The Hall–Kier alpha value is -0.960. The zero-order valence-electron chi connectivity index (χ0n) is 11.1. The molecule has 2 rings (SSSR count). The lowest BCUT2D eigenvalue weighted by atomic mass is 10.2. The van der Waals surface area contributed by atoms with Gasteiger partial charge in [-0.15, -0.1) is 24.0 Å². The molecule has 0 heterocycles. The third-order valence-corrected chi connectivity index (χ3v) is 3.01. The molecule has 1 fully saturated rings. The molecule has 2 atom stereocenters. The zero-order chi connectivity index (χ0) is 13.8. The number of aliphatic imine (C=N–C) groups is 1. The van der Waals surface area contributed by atoms with Crippen LogP contribution in [0.2, 0.25) is 0 Å². The van der Waals surface area contributed by atoms with Crippen LogP contribution in [0, 0.1) is 5.92 Å². The molecule has 0 radical (unpaired) electrons. The number of hydrogen-bond donors (Lipinski definition) is 2. The highest BCUT2D eigenvalue weighted by Crippen LogP contribution is 2.38. The van der Waals surface area contributed by atoms with Gasteiger partial charge < -0.3 is 15.8 Å². The first-order chi connectivity index (χ1) is 9.11. The number of methoxy groups -OCH3 is 1. The molecule has 3 N–H and O–H groups in total. The molecule has 0 aliphatic heterocycles. The highest BCUT2D eigenvalue weighted by molar-refractivity contribution is 14.0. The predicted octanol–water partition coefficient (Wildman–Crippen LogP) is 2.83. The van der Waals surface area contributed by atoms with Gasteiger partial charge in [-0.1, -0.05) is 18.2 Å². The van der Waals surface area contributed by atoms with Crippen molar-refractivity contribution in [2.45, 2.75) is 25.5 Å². The average Bonchev–Trinajstić information content (AvgIpc) is 3.11. The highest BCUT2D eigenvalue weighted by Gasteiger charge is 2.44. The summed E-state index contributed by atoms with van der Waals surface area (Å²) in [6.07, 6.45) is -1.91. The van der Waals surface area contributed by atoms with E-state index in [0.29, 0.717) is 13.0 Å². The normalized spacial score (nSPS) is 21.5. The topological polar surface area (TPSA) is 59.6 Å². The Morgan fingerprint density at radius 2 is 2.20 bits per heavy atom. The van der Waals surface area contributed by atoms with Crippen LogP contribution in [-0.4, -0.2) is 25.5 Å². The number of nitrogens with one attached hydrogen (secondary N) is 1. The van der Waals surface area contributed by atoms with E-state index in [1.54, 1.807) is 7.11 Å². The van der Waals surface area contributed by atoms with E-state index < -0.39 is 12.3 Å². The minimum Gasteiger partial charge on any atom is -0.380 e. The number of nitrogens with two attached hydrogens (primary N) is 1. The van der Waals surface area contributed by atoms with Gasteiger partial charge in [0.1, 0.15) is 0 Å². The third-order valence-electron chi connectivity index (χ3n) is 3.01. The summed E-state index contributed by atoms with van der Waals surface area (Å²) in [5, 5.41) is 2.93. The number of guanidine groups is 1. The van der Waals surface area contributed by atoms with E-state index in [9.17, 15) is 8.78 Å². The van der Waals surface area contributed by atoms with Crippen LogP contribution in [-0.2, 0) is 11.3 Å². The molecule has 0 spiro atoms. The van der Waals surface area contributed by atoms with Crippen molar-refractivity contribution >= 4 is 35.6 Å². The lowest BCUT2D eigenvalue weighted by molar-refractivity contribution is 0.121. The number of ether oxygens (including phenoxy) is 1. The molecule has 7 heteroatoms. The largest absolute Gasteiger partial charge is 0.380 e. The van der Waals surface area contributed by atoms with Gasteiger partial charge in [-0.3, -0.25) is 0 Å². The van der Waals surface area contributed by atoms with Gasteiger partial charge in [0, 0.05) is 24.3 Å². The Morgan fingerprint density at radius 3 is 2.80 bits per heavy atom. The van der Waals surface area contributed by atoms with Crippen LogP contribution in [0.25, 0.3) is 0 Å². The second kappa shape index (κ2) is 7.72. The molecule has 0 unspecified atom stereocenters. The number of hydrogen-bond acceptors (Lipinski definition) is 2. The maximum atomic E-state index is 12.4. The fourth-order valence-corrected chi connectivity index (χ4v) is 1.89. The number of anilines is 1. The number of rotatable bonds is 5. The van der Waals surface area contributed by atoms with Gasteiger partial charge in [0.2, 0.25) is 6.43 Å². The number of benzene rings is 1. The smallest absolute Gasteiger partial charge is 0.243 e. The van der Waals surface area contributed by atoms with Gasteiger partial charge in [-0.25, -0.2) is 13.8 Å². The van der Waals surface area contributed by atoms with E-state index >= 15 is 0 Å². The van der Waals surface area contributed by atoms with Crippen molar-refractivity contribution < 1.29 is 13.5 Å². The molecule has 0 saturated heterocycles. The monoisotopic (exact) mass is 397 g/mol. The molecule has 4 nitrogen and oxygen atoms in total. The summed E-state index contributed by atoms with van der Waals surface area (Å²) in [4.78, 5) is 4.05. The molecule has 112 valence electrons. The average molecular weight is 397 g/mol. The first-order valence-electron chi connectivity index (χ1n) is 6.07. The molecule has 1 aromatic rings. The third kappa shape index (κ3) is 4.55. The molecule has 1 aliphatic rings. The second-order valence-corrected chi connectivity index (χ2v) is 4.53. The SMILES string of the molecule is COCc1ccccc1NC(N)=N[C@H]1C[C@@H]1C(F)F.I. The molecule has 0 amide bonds. The molecule has 0 aromatic heterocycles. The Morgan fingerprint density at radius 1 is 1.50 bits per heavy atom. The van der Waals surface area contributed by atoms with Crippen LogP contribution in [0.15, 0.2) is 29.3 Å². The van der Waals surface area contributed by atoms with Crippen molar-refractivity contribution in [3.8, 4) is 0 Å². The summed E-state index contributed by atoms with van der Waals surface area (Å²) in [5.74, 6) is -0.480. The summed E-state index contributed by atoms with van der Waals surface area (Å²) >= 11 is 0. The van der Waals surface area contributed by atoms with Crippen LogP contribution >= 0.6 is 24.0 Å². The van der Waals surface area contributed by atoms with Gasteiger partial charge in [0.05, 0.1) is 12.6 Å². The number of alkyl halides is 2. The number of halogens is 3. The number of para-hydroxylation sites is 1. The fourth-order valence-electron chi connectivity index (χ4n) is 1.89. The van der Waals surface area contributed by atoms with E-state index in [0.717, 1.165) is 11.3 Å². The van der Waals surface area contributed by atoms with Crippen molar-refractivity contribution in [2.24, 2.45) is 16.6 Å². The minimum absolute atomic E-state index is 0. The van der Waals surface area contributed by atoms with Crippen molar-refractivity contribution in [1.29, 1.82) is 0 Å². The number of nitrogens with zero attached hydrogens (tertiary/aromatic N) is 1. The second-order valence-electron chi connectivity index (χ2n) is 4.53. The van der Waals surface area contributed by atoms with Crippen LogP contribution in [0.1, 0.15) is 12.0 Å². The maximum Gasteiger partial charge on any atom is 0.243 e. The molecule has 0 bridgehead atoms. The summed E-state index contributed by atoms with van der Waals surface area (Å²) in [5.41, 5.74) is 7.44. The first kappa shape index (κ1) is 17.1. The van der Waals surface area contributed by atoms with E-state index in [2.05, 4.69) is 10.3 Å². The van der Waals surface area contributed by atoms with E-state index in [4.69, 9.17) is 10.5 Å². The molecule has 1 saturated carbocycles. The maximum absolute atomic E-state index is 12.4. The molecule has 1 aliphatic carbocycles. The van der Waals surface area contributed by atoms with Crippen LogP contribution in [0.5, 0.6) is 0 Å². The summed E-state index contributed by atoms with van der Waals surface area (Å²) in [6.45, 7) is 0.444. The van der Waals surface area contributed by atoms with Crippen molar-refractivity contribution in [2.75, 3.05) is 12.4 Å². The summed E-state index contributed by atoms with van der Waals surface area (Å²) in [7, 11) is 1.60. The van der Waals surface area contributed by atoms with Crippen LogP contribution < -0.4 is 11.1 Å². The lowest BCUT2D eigenvalue weighted by Crippen LogP contribution is -2.24. The molecule has 20 heavy (non-hydrogen) atoms. The molecular weight excluding hydrogens is 379 g/mol. The van der Waals surface area contributed by atoms with E-state index in [-0.39, 0.29) is 36.0 Å². The van der Waals surface area contributed by atoms with Crippen LogP contribution in [0.4, 0.5) is 14.5 Å². The van der Waals surface area contributed by atoms with E-state index in [1.807, 2.05) is 24.3 Å². The first-order valence-corrected chi connectivity index (χ1v) is 6.07. The van der Waals surface area contributed by atoms with Crippen molar-refractivity contribution in [1.82, 2.24) is 0 Å².